The van der Waals surface area contributed by atoms with Gasteiger partial charge in [-0.15, -0.1) is 0 Å². The molecule has 0 spiro atoms. The van der Waals surface area contributed by atoms with Crippen LogP contribution in [0.4, 0.5) is 14.5 Å². The number of sulfone groups is 1. The molecule has 3 aromatic rings. The largest absolute Gasteiger partial charge is 0.301 e. The van der Waals surface area contributed by atoms with Gasteiger partial charge in [-0.05, 0) is 31.0 Å². The summed E-state index contributed by atoms with van der Waals surface area (Å²) in [5.74, 6) is -2.36. The fourth-order valence-electron chi connectivity index (χ4n) is 3.31. The summed E-state index contributed by atoms with van der Waals surface area (Å²) in [5.41, 5.74) is -2.59. The molecule has 14 heteroatoms. The van der Waals surface area contributed by atoms with Crippen molar-refractivity contribution in [1.29, 1.82) is 0 Å². The van der Waals surface area contributed by atoms with Crippen molar-refractivity contribution >= 4 is 36.8 Å². The van der Waals surface area contributed by atoms with Crippen LogP contribution >= 0.6 is 0 Å². The molecule has 1 aliphatic carbocycles. The van der Waals surface area contributed by atoms with Crippen LogP contribution in [0.5, 0.6) is 0 Å². The minimum absolute atomic E-state index is 0.0529. The molecule has 2 heterocycles. The first kappa shape index (κ1) is 23.2. The molecule has 1 fully saturated rings. The van der Waals surface area contributed by atoms with Crippen LogP contribution in [0.25, 0.3) is 22.2 Å². The van der Waals surface area contributed by atoms with E-state index in [9.17, 15) is 26.0 Å². The fourth-order valence-corrected chi connectivity index (χ4v) is 4.99. The normalized spacial score (nSPS) is 14.7. The molecule has 10 nitrogen and oxygen atoms in total. The van der Waals surface area contributed by atoms with Crippen molar-refractivity contribution in [3.63, 3.8) is 0 Å². The summed E-state index contributed by atoms with van der Waals surface area (Å²) in [4.78, 5) is 20.5. The highest BCUT2D eigenvalue weighted by Crippen LogP contribution is 2.32. The van der Waals surface area contributed by atoms with Crippen LogP contribution < -0.4 is 10.3 Å². The SMILES string of the molecule is CN(C1CC1)S(=O)(=O)Nc1ccc(F)c(-c2cc3cnc(S(C)(=O)=O)nc3n(C)c2=O)c1F. The molecular formula is C19H19F2N5O5S2. The number of aryl methyl sites for hydroxylation is 1. The van der Waals surface area contributed by atoms with Gasteiger partial charge in [0.05, 0.1) is 16.8 Å². The Balaban J connectivity index is 1.87. The van der Waals surface area contributed by atoms with Crippen LogP contribution in [0.2, 0.25) is 0 Å². The molecule has 176 valence electrons. The highest BCUT2D eigenvalue weighted by Gasteiger charge is 2.35. The summed E-state index contributed by atoms with van der Waals surface area (Å²) < 4.78 is 82.6. The molecule has 4 rings (SSSR count). The van der Waals surface area contributed by atoms with Gasteiger partial charge in [0.1, 0.15) is 11.5 Å². The van der Waals surface area contributed by atoms with E-state index < -0.39 is 59.2 Å². The second-order valence-electron chi connectivity index (χ2n) is 7.76. The monoisotopic (exact) mass is 499 g/mol. The number of hydrogen-bond acceptors (Lipinski definition) is 7. The van der Waals surface area contributed by atoms with Gasteiger partial charge in [0, 0.05) is 38.0 Å². The standard InChI is InChI=1S/C19H19F2N5O5S2/c1-25-17-10(9-22-19(23-17)32(3,28)29)8-12(18(25)27)15-13(20)6-7-14(16(15)21)24-33(30,31)26(2)11-4-5-11/h6-9,11,24H,4-5H2,1-3H3. The van der Waals surface area contributed by atoms with Crippen molar-refractivity contribution in [2.45, 2.75) is 24.0 Å². The van der Waals surface area contributed by atoms with Gasteiger partial charge >= 0.3 is 10.2 Å². The Hall–Kier alpha value is -2.97. The summed E-state index contributed by atoms with van der Waals surface area (Å²) in [5, 5.41) is -0.357. The zero-order valence-corrected chi connectivity index (χ0v) is 19.3. The zero-order valence-electron chi connectivity index (χ0n) is 17.7. The van der Waals surface area contributed by atoms with Crippen molar-refractivity contribution in [3.8, 4) is 11.1 Å². The van der Waals surface area contributed by atoms with Crippen LogP contribution in [-0.2, 0) is 27.1 Å². The number of aromatic nitrogens is 3. The highest BCUT2D eigenvalue weighted by molar-refractivity contribution is 7.90. The minimum Gasteiger partial charge on any atom is -0.295 e. The summed E-state index contributed by atoms with van der Waals surface area (Å²) in [6, 6.07) is 2.72. The Morgan fingerprint density at radius 3 is 2.45 bits per heavy atom. The molecule has 0 amide bonds. The van der Waals surface area contributed by atoms with Gasteiger partial charge in [0.25, 0.3) is 5.56 Å². The quantitative estimate of drug-likeness (QED) is 0.508. The third-order valence-electron chi connectivity index (χ3n) is 5.30. The Labute approximate surface area is 188 Å². The van der Waals surface area contributed by atoms with E-state index in [4.69, 9.17) is 0 Å². The molecule has 1 aromatic carbocycles. The molecule has 0 unspecified atom stereocenters. The predicted octanol–water partition coefficient (Wildman–Crippen LogP) is 1.43. The number of hydrogen-bond donors (Lipinski definition) is 1. The summed E-state index contributed by atoms with van der Waals surface area (Å²) in [6.45, 7) is 0. The molecule has 2 aromatic heterocycles. The summed E-state index contributed by atoms with van der Waals surface area (Å²) in [6.07, 6.45) is 3.39. The lowest BCUT2D eigenvalue weighted by atomic mass is 10.0. The lowest BCUT2D eigenvalue weighted by molar-refractivity contribution is 0.468. The molecule has 0 bridgehead atoms. The average Bonchev–Trinajstić information content (AvgIpc) is 3.57. The lowest BCUT2D eigenvalue weighted by Crippen LogP contribution is -2.34. The first-order valence-corrected chi connectivity index (χ1v) is 13.0. The highest BCUT2D eigenvalue weighted by atomic mass is 32.2. The van der Waals surface area contributed by atoms with Gasteiger partial charge in [0.2, 0.25) is 15.0 Å². The number of anilines is 1. The number of pyridine rings is 1. The Morgan fingerprint density at radius 1 is 1.18 bits per heavy atom. The van der Waals surface area contributed by atoms with Crippen LogP contribution in [0.3, 0.4) is 0 Å². The van der Waals surface area contributed by atoms with E-state index >= 15 is 4.39 Å². The molecule has 0 atom stereocenters. The minimum atomic E-state index is -4.10. The smallest absolute Gasteiger partial charge is 0.295 e. The maximum absolute atomic E-state index is 15.3. The topological polar surface area (TPSA) is 131 Å². The second kappa shape index (κ2) is 7.81. The van der Waals surface area contributed by atoms with Crippen molar-refractivity contribution in [1.82, 2.24) is 18.8 Å². The van der Waals surface area contributed by atoms with Crippen molar-refractivity contribution < 1.29 is 25.6 Å². The van der Waals surface area contributed by atoms with E-state index in [0.29, 0.717) is 12.8 Å². The average molecular weight is 500 g/mol. The van der Waals surface area contributed by atoms with Gasteiger partial charge in [-0.25, -0.2) is 22.2 Å². The molecule has 1 aliphatic rings. The first-order chi connectivity index (χ1) is 15.3. The number of benzene rings is 1. The number of rotatable bonds is 6. The van der Waals surface area contributed by atoms with E-state index in [1.165, 1.54) is 14.1 Å². The van der Waals surface area contributed by atoms with Gasteiger partial charge in [0.15, 0.2) is 5.82 Å². The summed E-state index contributed by atoms with van der Waals surface area (Å²) >= 11 is 0. The lowest BCUT2D eigenvalue weighted by Gasteiger charge is -2.19. The van der Waals surface area contributed by atoms with E-state index in [1.807, 2.05) is 0 Å². The Morgan fingerprint density at radius 2 is 1.85 bits per heavy atom. The first-order valence-electron chi connectivity index (χ1n) is 9.62. The second-order valence-corrected chi connectivity index (χ2v) is 11.4. The maximum atomic E-state index is 15.3. The third kappa shape index (κ3) is 4.20. The fraction of sp³-hybridized carbons (Fsp3) is 0.316. The van der Waals surface area contributed by atoms with Crippen molar-refractivity contribution in [3.05, 3.63) is 46.4 Å². The molecular weight excluding hydrogens is 480 g/mol. The number of halogens is 2. The molecule has 0 saturated heterocycles. The van der Waals surface area contributed by atoms with Crippen LogP contribution in [0, 0.1) is 11.6 Å². The number of nitrogens with one attached hydrogen (secondary N) is 1. The molecule has 0 aliphatic heterocycles. The van der Waals surface area contributed by atoms with E-state index in [2.05, 4.69) is 14.7 Å². The summed E-state index contributed by atoms with van der Waals surface area (Å²) in [7, 11) is -5.24. The Kier molecular flexibility index (Phi) is 5.49. The number of nitrogens with zero attached hydrogens (tertiary/aromatic N) is 4. The molecule has 0 radical (unpaired) electrons. The van der Waals surface area contributed by atoms with Gasteiger partial charge in [-0.1, -0.05) is 0 Å². The molecule has 1 saturated carbocycles. The van der Waals surface area contributed by atoms with Gasteiger partial charge < -0.3 is 0 Å². The predicted molar refractivity (Wildman–Crippen MR) is 117 cm³/mol. The van der Waals surface area contributed by atoms with Gasteiger partial charge in [-0.2, -0.15) is 17.7 Å². The Bertz CT molecular complexity index is 1570. The zero-order chi connectivity index (χ0) is 24.3. The van der Waals surface area contributed by atoms with E-state index in [-0.39, 0.29) is 17.1 Å². The van der Waals surface area contributed by atoms with Crippen LogP contribution in [0.15, 0.2) is 34.3 Å². The maximum Gasteiger partial charge on any atom is 0.301 e. The van der Waals surface area contributed by atoms with Crippen LogP contribution in [0.1, 0.15) is 12.8 Å². The van der Waals surface area contributed by atoms with E-state index in [0.717, 1.165) is 39.5 Å². The molecule has 1 N–H and O–H groups in total. The van der Waals surface area contributed by atoms with Crippen molar-refractivity contribution in [2.24, 2.45) is 7.05 Å². The molecule has 33 heavy (non-hydrogen) atoms. The van der Waals surface area contributed by atoms with Crippen LogP contribution in [-0.4, -0.2) is 55.0 Å². The third-order valence-corrected chi connectivity index (χ3v) is 7.69. The van der Waals surface area contributed by atoms with Crippen molar-refractivity contribution in [2.75, 3.05) is 18.0 Å². The number of fused-ring (bicyclic) bond motifs is 1. The van der Waals surface area contributed by atoms with E-state index in [1.54, 1.807) is 0 Å². The van der Waals surface area contributed by atoms with Gasteiger partial charge in [-0.3, -0.25) is 14.1 Å².